The van der Waals surface area contributed by atoms with Crippen LogP contribution < -0.4 is 10.5 Å². The molecule has 1 aromatic carbocycles. The Hall–Kier alpha value is -2.08. The van der Waals surface area contributed by atoms with Gasteiger partial charge in [-0.1, -0.05) is 15.9 Å². The molecule has 1 aromatic heterocycles. The van der Waals surface area contributed by atoms with Gasteiger partial charge in [0.15, 0.2) is 5.54 Å². The number of fused-ring (bicyclic) bond motifs is 4. The molecule has 3 heterocycles. The molecule has 0 aliphatic carbocycles. The van der Waals surface area contributed by atoms with Crippen molar-refractivity contribution in [2.45, 2.75) is 5.54 Å². The van der Waals surface area contributed by atoms with Gasteiger partial charge < -0.3 is 15.2 Å². The van der Waals surface area contributed by atoms with Gasteiger partial charge in [-0.2, -0.15) is 0 Å². The minimum Gasteiger partial charge on any atom is -0.462 e. The Morgan fingerprint density at radius 1 is 1.25 bits per heavy atom. The van der Waals surface area contributed by atoms with Gasteiger partial charge in [-0.25, -0.2) is 9.98 Å². The molecule has 20 heavy (non-hydrogen) atoms. The predicted molar refractivity (Wildman–Crippen MR) is 76.8 cm³/mol. The third kappa shape index (κ3) is 1.48. The lowest BCUT2D eigenvalue weighted by atomic mass is 9.83. The maximum Gasteiger partial charge on any atom is 0.283 e. The summed E-state index contributed by atoms with van der Waals surface area (Å²) in [6.07, 6.45) is 1.69. The number of ether oxygens (including phenoxy) is 2. The first-order valence-corrected chi connectivity index (χ1v) is 6.90. The number of nitrogens with zero attached hydrogens (tertiary/aromatic N) is 2. The van der Waals surface area contributed by atoms with Crippen molar-refractivity contribution >= 4 is 22.0 Å². The van der Waals surface area contributed by atoms with Crippen molar-refractivity contribution in [2.24, 2.45) is 10.7 Å². The molecule has 4 rings (SSSR count). The number of aromatic nitrogens is 1. The van der Waals surface area contributed by atoms with Crippen LogP contribution in [0.1, 0.15) is 11.1 Å². The highest BCUT2D eigenvalue weighted by Gasteiger charge is 2.47. The molecule has 0 bridgehead atoms. The highest BCUT2D eigenvalue weighted by molar-refractivity contribution is 9.10. The number of aliphatic imine (C=N–C) groups is 1. The minimum atomic E-state index is -0.676. The van der Waals surface area contributed by atoms with Crippen LogP contribution in [0, 0.1) is 0 Å². The van der Waals surface area contributed by atoms with Crippen LogP contribution in [0.4, 0.5) is 0 Å². The molecule has 0 amide bonds. The third-order valence-corrected chi connectivity index (χ3v) is 4.03. The van der Waals surface area contributed by atoms with Crippen LogP contribution in [-0.4, -0.2) is 17.6 Å². The smallest absolute Gasteiger partial charge is 0.283 e. The minimum absolute atomic E-state index is 0.188. The van der Waals surface area contributed by atoms with Crippen LogP contribution in [0.15, 0.2) is 46.0 Å². The van der Waals surface area contributed by atoms with Crippen molar-refractivity contribution < 1.29 is 9.47 Å². The summed E-state index contributed by atoms with van der Waals surface area (Å²) in [6.45, 7) is 0.352. The number of benzene rings is 1. The van der Waals surface area contributed by atoms with Crippen LogP contribution in [0.3, 0.4) is 0 Å². The molecule has 1 atom stereocenters. The van der Waals surface area contributed by atoms with Gasteiger partial charge in [0.2, 0.25) is 5.88 Å². The fourth-order valence-electron chi connectivity index (χ4n) is 2.66. The fraction of sp³-hybridized carbons (Fsp3) is 0.143. The molecular weight excluding hydrogens is 322 g/mol. The van der Waals surface area contributed by atoms with Crippen LogP contribution in [0.5, 0.6) is 11.6 Å². The Bertz CT molecular complexity index is 747. The molecule has 0 saturated heterocycles. The van der Waals surface area contributed by atoms with E-state index in [1.54, 1.807) is 6.20 Å². The number of pyridine rings is 1. The molecule has 2 aliphatic heterocycles. The molecule has 0 radical (unpaired) electrons. The Balaban J connectivity index is 2.05. The molecule has 0 fully saturated rings. The second-order valence-corrected chi connectivity index (χ2v) is 5.61. The number of rotatable bonds is 0. The van der Waals surface area contributed by atoms with E-state index in [9.17, 15) is 0 Å². The first-order valence-electron chi connectivity index (χ1n) is 6.10. The molecule has 100 valence electrons. The van der Waals surface area contributed by atoms with Crippen molar-refractivity contribution in [3.63, 3.8) is 0 Å². The van der Waals surface area contributed by atoms with Crippen molar-refractivity contribution in [1.29, 1.82) is 0 Å². The molecular formula is C14H10BrN3O2. The highest BCUT2D eigenvalue weighted by atomic mass is 79.9. The van der Waals surface area contributed by atoms with Crippen LogP contribution in [0.2, 0.25) is 0 Å². The van der Waals surface area contributed by atoms with Gasteiger partial charge in [-0.3, -0.25) is 0 Å². The van der Waals surface area contributed by atoms with E-state index in [-0.39, 0.29) is 6.02 Å². The summed E-state index contributed by atoms with van der Waals surface area (Å²) in [6, 6.07) is 9.78. The zero-order chi connectivity index (χ0) is 13.7. The maximum absolute atomic E-state index is 5.86. The van der Waals surface area contributed by atoms with Gasteiger partial charge in [-0.05, 0) is 30.3 Å². The summed E-state index contributed by atoms with van der Waals surface area (Å²) in [7, 11) is 0. The van der Waals surface area contributed by atoms with Gasteiger partial charge in [-0.15, -0.1) is 0 Å². The largest absolute Gasteiger partial charge is 0.462 e. The Kier molecular flexibility index (Phi) is 2.32. The summed E-state index contributed by atoms with van der Waals surface area (Å²) in [5.41, 5.74) is 6.86. The second kappa shape index (κ2) is 3.96. The average Bonchev–Trinajstić information content (AvgIpc) is 2.84. The van der Waals surface area contributed by atoms with Gasteiger partial charge >= 0.3 is 0 Å². The molecule has 1 spiro atoms. The third-order valence-electron chi connectivity index (χ3n) is 3.54. The quantitative estimate of drug-likeness (QED) is 0.805. The maximum atomic E-state index is 5.86. The van der Waals surface area contributed by atoms with E-state index >= 15 is 0 Å². The second-order valence-electron chi connectivity index (χ2n) is 4.70. The number of halogens is 1. The van der Waals surface area contributed by atoms with E-state index in [2.05, 4.69) is 25.9 Å². The number of nitrogens with two attached hydrogens (primary N) is 1. The summed E-state index contributed by atoms with van der Waals surface area (Å²) in [5.74, 6) is 1.27. The SMILES string of the molecule is NC1=NC2(CO1)c1cc(Br)ccc1Oc1ncccc12. The van der Waals surface area contributed by atoms with Crippen molar-refractivity contribution in [3.8, 4) is 11.6 Å². The van der Waals surface area contributed by atoms with E-state index in [0.29, 0.717) is 12.5 Å². The van der Waals surface area contributed by atoms with Crippen molar-refractivity contribution in [1.82, 2.24) is 4.98 Å². The standard InChI is InChI=1S/C14H10BrN3O2/c15-8-3-4-11-10(6-8)14(7-19-13(16)18-14)9-2-1-5-17-12(9)20-11/h1-6H,7H2,(H2,16,18). The van der Waals surface area contributed by atoms with E-state index in [1.807, 2.05) is 30.3 Å². The highest BCUT2D eigenvalue weighted by Crippen LogP contribution is 2.50. The first kappa shape index (κ1) is 11.7. The number of hydrogen-bond donors (Lipinski definition) is 1. The molecule has 6 heteroatoms. The van der Waals surface area contributed by atoms with Crippen molar-refractivity contribution in [3.05, 3.63) is 52.1 Å². The van der Waals surface area contributed by atoms with Gasteiger partial charge in [0.25, 0.3) is 6.02 Å². The topological polar surface area (TPSA) is 69.7 Å². The molecule has 5 nitrogen and oxygen atoms in total. The van der Waals surface area contributed by atoms with Gasteiger partial charge in [0.1, 0.15) is 12.4 Å². The molecule has 2 aromatic rings. The van der Waals surface area contributed by atoms with E-state index in [4.69, 9.17) is 15.2 Å². The van der Waals surface area contributed by atoms with Gasteiger partial charge in [0.05, 0.1) is 5.56 Å². The van der Waals surface area contributed by atoms with E-state index in [0.717, 1.165) is 21.3 Å². The number of hydrogen-bond acceptors (Lipinski definition) is 5. The van der Waals surface area contributed by atoms with Crippen LogP contribution >= 0.6 is 15.9 Å². The Morgan fingerprint density at radius 3 is 2.95 bits per heavy atom. The first-order chi connectivity index (χ1) is 9.69. The lowest BCUT2D eigenvalue weighted by molar-refractivity contribution is 0.262. The molecule has 2 aliphatic rings. The van der Waals surface area contributed by atoms with E-state index < -0.39 is 5.54 Å². The summed E-state index contributed by atoms with van der Waals surface area (Å²) in [4.78, 5) is 8.82. The van der Waals surface area contributed by atoms with E-state index in [1.165, 1.54) is 0 Å². The summed E-state index contributed by atoms with van der Waals surface area (Å²) in [5, 5.41) is 0. The fourth-order valence-corrected chi connectivity index (χ4v) is 3.02. The van der Waals surface area contributed by atoms with Gasteiger partial charge in [0, 0.05) is 16.2 Å². The lowest BCUT2D eigenvalue weighted by Crippen LogP contribution is -2.31. The molecule has 1 unspecified atom stereocenters. The zero-order valence-electron chi connectivity index (χ0n) is 10.3. The Morgan fingerprint density at radius 2 is 2.15 bits per heavy atom. The predicted octanol–water partition coefficient (Wildman–Crippen LogP) is 2.54. The molecule has 0 saturated carbocycles. The zero-order valence-corrected chi connectivity index (χ0v) is 11.9. The van der Waals surface area contributed by atoms with Crippen molar-refractivity contribution in [2.75, 3.05) is 6.61 Å². The number of amidine groups is 1. The Labute approximate surface area is 123 Å². The normalized spacial score (nSPS) is 22.6. The van der Waals surface area contributed by atoms with Crippen LogP contribution in [0.25, 0.3) is 0 Å². The summed E-state index contributed by atoms with van der Waals surface area (Å²) < 4.78 is 12.2. The summed E-state index contributed by atoms with van der Waals surface area (Å²) >= 11 is 3.48. The lowest BCUT2D eigenvalue weighted by Gasteiger charge is -2.32. The van der Waals surface area contributed by atoms with Crippen LogP contribution in [-0.2, 0) is 10.3 Å². The average molecular weight is 332 g/mol. The monoisotopic (exact) mass is 331 g/mol. The molecule has 2 N–H and O–H groups in total.